The van der Waals surface area contributed by atoms with Crippen molar-refractivity contribution in [3.05, 3.63) is 58.5 Å². The molecule has 2 heterocycles. The number of nitrogens with zero attached hydrogens (tertiary/aromatic N) is 2. The lowest BCUT2D eigenvalue weighted by molar-refractivity contribution is -0.137. The number of carboxylic acid groups (broad SMARTS) is 1. The van der Waals surface area contributed by atoms with Crippen LogP contribution in [0.25, 0.3) is 5.69 Å². The number of carbonyl (C=O) groups is 1. The van der Waals surface area contributed by atoms with Crippen LogP contribution in [0.5, 0.6) is 5.75 Å². The number of halogens is 3. The fraction of sp³-hybridized carbons (Fsp3) is 0.333. The van der Waals surface area contributed by atoms with E-state index in [1.54, 1.807) is 6.07 Å². The zero-order chi connectivity index (χ0) is 19.6. The molecule has 1 aliphatic heterocycles. The lowest BCUT2D eigenvalue weighted by Crippen LogP contribution is -2.41. The number of piperidine rings is 1. The first kappa shape index (κ1) is 18.8. The zero-order valence-electron chi connectivity index (χ0n) is 14.1. The van der Waals surface area contributed by atoms with Gasteiger partial charge in [0.25, 0.3) is 5.56 Å². The molecule has 1 aromatic heterocycles. The van der Waals surface area contributed by atoms with Crippen LogP contribution in [0.2, 0.25) is 0 Å². The number of pyridine rings is 1. The van der Waals surface area contributed by atoms with Crippen LogP contribution in [-0.2, 0) is 6.18 Å². The average molecular weight is 382 g/mol. The van der Waals surface area contributed by atoms with E-state index in [1.165, 1.54) is 33.9 Å². The minimum absolute atomic E-state index is 0.193. The van der Waals surface area contributed by atoms with Crippen molar-refractivity contribution in [3.63, 3.8) is 0 Å². The highest BCUT2D eigenvalue weighted by Gasteiger charge is 2.30. The van der Waals surface area contributed by atoms with Crippen molar-refractivity contribution in [2.24, 2.45) is 0 Å². The highest BCUT2D eigenvalue weighted by atomic mass is 19.4. The van der Waals surface area contributed by atoms with E-state index in [9.17, 15) is 22.8 Å². The minimum Gasteiger partial charge on any atom is -0.490 e. The van der Waals surface area contributed by atoms with Crippen molar-refractivity contribution in [2.45, 2.75) is 25.1 Å². The van der Waals surface area contributed by atoms with Crippen molar-refractivity contribution >= 4 is 6.09 Å². The molecule has 1 aliphatic rings. The molecular weight excluding hydrogens is 365 g/mol. The Bertz CT molecular complexity index is 869. The molecule has 1 saturated heterocycles. The molecule has 1 aromatic carbocycles. The number of likely N-dealkylation sites (tertiary alicyclic amines) is 1. The highest BCUT2D eigenvalue weighted by Crippen LogP contribution is 2.29. The molecule has 1 N–H and O–H groups in total. The van der Waals surface area contributed by atoms with Gasteiger partial charge < -0.3 is 14.7 Å². The van der Waals surface area contributed by atoms with Gasteiger partial charge in [-0.2, -0.15) is 13.2 Å². The van der Waals surface area contributed by atoms with Gasteiger partial charge in [0.1, 0.15) is 11.9 Å². The van der Waals surface area contributed by atoms with Crippen molar-refractivity contribution in [3.8, 4) is 11.4 Å². The summed E-state index contributed by atoms with van der Waals surface area (Å²) in [6, 6.07) is 7.12. The highest BCUT2D eigenvalue weighted by molar-refractivity contribution is 5.65. The molecule has 6 nitrogen and oxygen atoms in total. The van der Waals surface area contributed by atoms with Crippen LogP contribution >= 0.6 is 0 Å². The second-order valence-corrected chi connectivity index (χ2v) is 6.20. The first-order valence-corrected chi connectivity index (χ1v) is 8.29. The summed E-state index contributed by atoms with van der Waals surface area (Å²) in [6.45, 7) is 0.727. The van der Waals surface area contributed by atoms with E-state index in [2.05, 4.69) is 0 Å². The van der Waals surface area contributed by atoms with Gasteiger partial charge in [-0.15, -0.1) is 0 Å². The number of amides is 1. The predicted molar refractivity (Wildman–Crippen MR) is 90.3 cm³/mol. The Morgan fingerprint density at radius 3 is 2.26 bits per heavy atom. The predicted octanol–water partition coefficient (Wildman–Crippen LogP) is 3.38. The normalized spacial score (nSPS) is 15.6. The van der Waals surface area contributed by atoms with Crippen molar-refractivity contribution in [1.82, 2.24) is 9.47 Å². The first-order chi connectivity index (χ1) is 12.7. The molecule has 9 heteroatoms. The van der Waals surface area contributed by atoms with Crippen LogP contribution in [0.4, 0.5) is 18.0 Å². The lowest BCUT2D eigenvalue weighted by Gasteiger charge is -2.30. The third-order valence-corrected chi connectivity index (χ3v) is 4.38. The van der Waals surface area contributed by atoms with Crippen LogP contribution in [0, 0.1) is 0 Å². The molecule has 3 rings (SSSR count). The van der Waals surface area contributed by atoms with Gasteiger partial charge in [-0.1, -0.05) is 0 Å². The van der Waals surface area contributed by atoms with E-state index in [1.807, 2.05) is 0 Å². The van der Waals surface area contributed by atoms with Crippen LogP contribution in [0.15, 0.2) is 47.4 Å². The van der Waals surface area contributed by atoms with Crippen LogP contribution < -0.4 is 10.3 Å². The third-order valence-electron chi connectivity index (χ3n) is 4.38. The van der Waals surface area contributed by atoms with Crippen LogP contribution in [0.3, 0.4) is 0 Å². The SMILES string of the molecule is O=C(O)N1CCC(Oc2ccn(-c3ccc(C(F)(F)F)cc3)c(=O)c2)CC1. The average Bonchev–Trinajstić information content (AvgIpc) is 2.62. The Hall–Kier alpha value is -2.97. The fourth-order valence-corrected chi connectivity index (χ4v) is 2.92. The van der Waals surface area contributed by atoms with E-state index in [0.29, 0.717) is 37.4 Å². The number of alkyl halides is 3. The summed E-state index contributed by atoms with van der Waals surface area (Å²) in [4.78, 5) is 24.5. The van der Waals surface area contributed by atoms with E-state index in [4.69, 9.17) is 9.84 Å². The minimum atomic E-state index is -4.43. The summed E-state index contributed by atoms with van der Waals surface area (Å²) in [5, 5.41) is 8.93. The Morgan fingerprint density at radius 1 is 1.11 bits per heavy atom. The number of aromatic nitrogens is 1. The summed E-state index contributed by atoms with van der Waals surface area (Å²) in [5.41, 5.74) is -0.906. The molecule has 27 heavy (non-hydrogen) atoms. The van der Waals surface area contributed by atoms with E-state index < -0.39 is 23.4 Å². The largest absolute Gasteiger partial charge is 0.490 e. The maximum absolute atomic E-state index is 12.6. The topological polar surface area (TPSA) is 71.8 Å². The van der Waals surface area contributed by atoms with Gasteiger partial charge in [0, 0.05) is 43.9 Å². The standard InChI is InChI=1S/C18H17F3N2O4/c19-18(20,21)12-1-3-13(4-2-12)23-10-7-15(11-16(23)24)27-14-5-8-22(9-6-14)17(25)26/h1-4,7,10-11,14H,5-6,8-9H2,(H,25,26). The zero-order valence-corrected chi connectivity index (χ0v) is 14.1. The molecule has 0 spiro atoms. The Balaban J connectivity index is 1.69. The van der Waals surface area contributed by atoms with Gasteiger partial charge in [-0.3, -0.25) is 9.36 Å². The first-order valence-electron chi connectivity index (χ1n) is 8.29. The maximum atomic E-state index is 12.6. The summed E-state index contributed by atoms with van der Waals surface area (Å²) >= 11 is 0. The molecule has 0 atom stereocenters. The molecule has 2 aromatic rings. The quantitative estimate of drug-likeness (QED) is 0.884. The third kappa shape index (κ3) is 4.42. The molecule has 0 saturated carbocycles. The van der Waals surface area contributed by atoms with Gasteiger partial charge in [-0.05, 0) is 30.3 Å². The summed E-state index contributed by atoms with van der Waals surface area (Å²) in [5.74, 6) is 0.344. The molecule has 0 radical (unpaired) electrons. The van der Waals surface area contributed by atoms with Gasteiger partial charge in [-0.25, -0.2) is 4.79 Å². The number of hydrogen-bond acceptors (Lipinski definition) is 3. The molecule has 0 aliphatic carbocycles. The smallest absolute Gasteiger partial charge is 0.416 e. The van der Waals surface area contributed by atoms with Crippen LogP contribution in [0.1, 0.15) is 18.4 Å². The van der Waals surface area contributed by atoms with Crippen molar-refractivity contribution in [1.29, 1.82) is 0 Å². The van der Waals surface area contributed by atoms with Crippen molar-refractivity contribution in [2.75, 3.05) is 13.1 Å². The number of rotatable bonds is 3. The van der Waals surface area contributed by atoms with Gasteiger partial charge >= 0.3 is 12.3 Å². The lowest BCUT2D eigenvalue weighted by atomic mass is 10.1. The molecule has 1 fully saturated rings. The van der Waals surface area contributed by atoms with Gasteiger partial charge in [0.05, 0.1) is 5.56 Å². The number of ether oxygens (including phenoxy) is 1. The summed E-state index contributed by atoms with van der Waals surface area (Å²) in [6.07, 6.45) is -3.11. The summed E-state index contributed by atoms with van der Waals surface area (Å²) in [7, 11) is 0. The monoisotopic (exact) mass is 382 g/mol. The Labute approximate surface area is 152 Å². The summed E-state index contributed by atoms with van der Waals surface area (Å²) < 4.78 is 44.8. The molecular formula is C18H17F3N2O4. The number of hydrogen-bond donors (Lipinski definition) is 1. The second kappa shape index (κ2) is 7.34. The molecule has 0 bridgehead atoms. The van der Waals surface area contributed by atoms with Crippen LogP contribution in [-0.4, -0.2) is 39.9 Å². The van der Waals surface area contributed by atoms with E-state index in [0.717, 1.165) is 12.1 Å². The van der Waals surface area contributed by atoms with Crippen molar-refractivity contribution < 1.29 is 27.8 Å². The Morgan fingerprint density at radius 2 is 1.74 bits per heavy atom. The molecule has 1 amide bonds. The number of benzene rings is 1. The van der Waals surface area contributed by atoms with E-state index in [-0.39, 0.29) is 6.10 Å². The Kier molecular flexibility index (Phi) is 5.11. The van der Waals surface area contributed by atoms with Gasteiger partial charge in [0.15, 0.2) is 0 Å². The molecule has 144 valence electrons. The molecule has 0 unspecified atom stereocenters. The maximum Gasteiger partial charge on any atom is 0.416 e. The second-order valence-electron chi connectivity index (χ2n) is 6.20. The van der Waals surface area contributed by atoms with Gasteiger partial charge in [0.2, 0.25) is 0 Å². The fourth-order valence-electron chi connectivity index (χ4n) is 2.92. The van der Waals surface area contributed by atoms with E-state index >= 15 is 0 Å².